The molecule has 39 heavy (non-hydrogen) atoms. The zero-order chi connectivity index (χ0) is 29.1. The number of carbonyl (C=O) groups excluding carboxylic acids is 3. The van der Waals surface area contributed by atoms with Gasteiger partial charge in [-0.1, -0.05) is 18.2 Å². The molecule has 0 spiro atoms. The molecule has 13 heteroatoms. The fourth-order valence-corrected chi connectivity index (χ4v) is 3.69. The van der Waals surface area contributed by atoms with Gasteiger partial charge in [-0.05, 0) is 31.0 Å². The van der Waals surface area contributed by atoms with Crippen LogP contribution in [-0.4, -0.2) is 67.6 Å². The van der Waals surface area contributed by atoms with Gasteiger partial charge in [0.25, 0.3) is 0 Å². The Kier molecular flexibility index (Phi) is 11.8. The summed E-state index contributed by atoms with van der Waals surface area (Å²) in [5.41, 5.74) is -1.84. The number of rotatable bonds is 15. The van der Waals surface area contributed by atoms with Crippen molar-refractivity contribution in [3.8, 4) is 0 Å². The van der Waals surface area contributed by atoms with Crippen LogP contribution in [0.2, 0.25) is 0 Å². The largest absolute Gasteiger partial charge is 0.465 e. The van der Waals surface area contributed by atoms with Crippen LogP contribution in [0.5, 0.6) is 0 Å². The Morgan fingerprint density at radius 2 is 1.54 bits per heavy atom. The average Bonchev–Trinajstić information content (AvgIpc) is 2.90. The Morgan fingerprint density at radius 3 is 2.10 bits per heavy atom. The number of nitrogens with zero attached hydrogens (tertiary/aromatic N) is 3. The maximum atomic E-state index is 12.7. The number of methoxy groups -OCH3 is 1. The van der Waals surface area contributed by atoms with Crippen molar-refractivity contribution < 1.29 is 34.1 Å². The third-order valence-corrected chi connectivity index (χ3v) is 5.59. The van der Waals surface area contributed by atoms with Crippen molar-refractivity contribution in [1.29, 1.82) is 0 Å². The number of carbonyl (C=O) groups is 3. The zero-order valence-corrected chi connectivity index (χ0v) is 21.9. The molecule has 1 aromatic heterocycles. The van der Waals surface area contributed by atoms with Gasteiger partial charge in [0.2, 0.25) is 0 Å². The molecule has 0 fully saturated rings. The van der Waals surface area contributed by atoms with Crippen LogP contribution in [0.25, 0.3) is 0 Å². The van der Waals surface area contributed by atoms with Gasteiger partial charge in [0.05, 0.1) is 38.4 Å². The molecule has 0 saturated carbocycles. The summed E-state index contributed by atoms with van der Waals surface area (Å²) in [6, 6.07) is 6.41. The summed E-state index contributed by atoms with van der Waals surface area (Å²) in [6.45, 7) is 3.19. The fourth-order valence-electron chi connectivity index (χ4n) is 3.69. The Labute approximate surface area is 223 Å². The van der Waals surface area contributed by atoms with Crippen molar-refractivity contribution in [2.75, 3.05) is 13.7 Å². The third-order valence-electron chi connectivity index (χ3n) is 5.59. The predicted octanol–water partition coefficient (Wildman–Crippen LogP) is -0.589. The average molecular weight is 548 g/mol. The SMILES string of the molecule is C=CCn1c(=O)n(CC(C)O)c(=O)n(CC(O)COC(=O)CCCC(=O)Cc2ccc(C(=O)OC)cc2)c1=O. The number of Topliss-reactive ketones (excluding diaryl/α,β-unsaturated/α-hetero) is 1. The molecule has 2 N–H and O–H groups in total. The van der Waals surface area contributed by atoms with E-state index < -0.39 is 54.4 Å². The lowest BCUT2D eigenvalue weighted by atomic mass is 10.0. The first-order valence-electron chi connectivity index (χ1n) is 12.2. The number of hydrogen-bond acceptors (Lipinski definition) is 10. The highest BCUT2D eigenvalue weighted by Crippen LogP contribution is 2.09. The van der Waals surface area contributed by atoms with Gasteiger partial charge in [-0.25, -0.2) is 32.9 Å². The maximum Gasteiger partial charge on any atom is 0.337 e. The Hall–Kier alpha value is -4.10. The van der Waals surface area contributed by atoms with E-state index in [1.54, 1.807) is 24.3 Å². The number of esters is 2. The minimum Gasteiger partial charge on any atom is -0.465 e. The summed E-state index contributed by atoms with van der Waals surface area (Å²) in [5.74, 6) is -1.27. The van der Waals surface area contributed by atoms with E-state index in [-0.39, 0.29) is 44.6 Å². The number of aromatic nitrogens is 3. The van der Waals surface area contributed by atoms with E-state index in [1.165, 1.54) is 20.1 Å². The summed E-state index contributed by atoms with van der Waals surface area (Å²) in [7, 11) is 1.27. The van der Waals surface area contributed by atoms with E-state index in [2.05, 4.69) is 11.3 Å². The predicted molar refractivity (Wildman–Crippen MR) is 138 cm³/mol. The van der Waals surface area contributed by atoms with Crippen molar-refractivity contribution in [1.82, 2.24) is 13.7 Å². The molecule has 1 aromatic carbocycles. The van der Waals surface area contributed by atoms with Gasteiger partial charge in [-0.3, -0.25) is 9.59 Å². The molecule has 0 radical (unpaired) electrons. The number of allylic oxidation sites excluding steroid dienone is 1. The Bertz CT molecular complexity index is 1350. The van der Waals surface area contributed by atoms with Crippen molar-refractivity contribution in [3.63, 3.8) is 0 Å². The molecule has 0 aliphatic heterocycles. The van der Waals surface area contributed by atoms with Crippen LogP contribution < -0.4 is 17.1 Å². The van der Waals surface area contributed by atoms with Gasteiger partial charge >= 0.3 is 29.0 Å². The second kappa shape index (κ2) is 14.7. The van der Waals surface area contributed by atoms with Gasteiger partial charge in [-0.15, -0.1) is 6.58 Å². The molecule has 2 rings (SSSR count). The van der Waals surface area contributed by atoms with Crippen LogP contribution in [0.3, 0.4) is 0 Å². The number of ether oxygens (including phenoxy) is 2. The van der Waals surface area contributed by atoms with Crippen molar-refractivity contribution in [2.24, 2.45) is 0 Å². The standard InChI is InChI=1S/C26H33N3O10/c1-4-12-27-24(35)28(14-17(2)30)26(37)29(25(27)36)15-21(32)16-39-22(33)7-5-6-20(31)13-18-8-10-19(11-9-18)23(34)38-3/h4,8-11,17,21,30,32H,1,5-7,12-16H2,2-3H3. The lowest BCUT2D eigenvalue weighted by Crippen LogP contribution is -2.56. The van der Waals surface area contributed by atoms with Gasteiger partial charge in [-0.2, -0.15) is 0 Å². The summed E-state index contributed by atoms with van der Waals surface area (Å²) in [6.07, 6.45) is -0.847. The summed E-state index contributed by atoms with van der Waals surface area (Å²) >= 11 is 0. The second-order valence-corrected chi connectivity index (χ2v) is 8.91. The van der Waals surface area contributed by atoms with E-state index in [0.29, 0.717) is 20.3 Å². The summed E-state index contributed by atoms with van der Waals surface area (Å²) in [4.78, 5) is 73.5. The van der Waals surface area contributed by atoms with Gasteiger partial charge in [0.1, 0.15) is 18.5 Å². The Morgan fingerprint density at radius 1 is 0.949 bits per heavy atom. The highest BCUT2D eigenvalue weighted by molar-refractivity contribution is 5.89. The van der Waals surface area contributed by atoms with Crippen molar-refractivity contribution >= 4 is 17.7 Å². The molecule has 2 atom stereocenters. The molecule has 1 heterocycles. The van der Waals surface area contributed by atoms with Gasteiger partial charge in [0, 0.05) is 19.3 Å². The number of aliphatic hydroxyl groups excluding tert-OH is 2. The topological polar surface area (TPSA) is 176 Å². The molecule has 2 unspecified atom stereocenters. The molecular weight excluding hydrogens is 514 g/mol. The van der Waals surface area contributed by atoms with Crippen LogP contribution in [0.4, 0.5) is 0 Å². The first-order valence-corrected chi connectivity index (χ1v) is 12.2. The van der Waals surface area contributed by atoms with Crippen molar-refractivity contribution in [3.05, 3.63) is 79.5 Å². The van der Waals surface area contributed by atoms with E-state index in [1.807, 2.05) is 0 Å². The monoisotopic (exact) mass is 547 g/mol. The molecule has 0 aliphatic carbocycles. The van der Waals surface area contributed by atoms with Crippen LogP contribution >= 0.6 is 0 Å². The number of aliphatic hydroxyl groups is 2. The zero-order valence-electron chi connectivity index (χ0n) is 21.9. The van der Waals surface area contributed by atoms with Gasteiger partial charge in [0.15, 0.2) is 0 Å². The maximum absolute atomic E-state index is 12.7. The fraction of sp³-hybridized carbons (Fsp3) is 0.462. The van der Waals surface area contributed by atoms with Gasteiger partial charge < -0.3 is 19.7 Å². The minimum atomic E-state index is -1.44. The highest BCUT2D eigenvalue weighted by Gasteiger charge is 2.19. The first-order chi connectivity index (χ1) is 18.5. The lowest BCUT2D eigenvalue weighted by Gasteiger charge is -2.16. The summed E-state index contributed by atoms with van der Waals surface area (Å²) < 4.78 is 11.7. The van der Waals surface area contributed by atoms with E-state index >= 15 is 0 Å². The van der Waals surface area contributed by atoms with Crippen LogP contribution in [0, 0.1) is 0 Å². The third kappa shape index (κ3) is 9.00. The smallest absolute Gasteiger partial charge is 0.337 e. The number of hydrogen-bond donors (Lipinski definition) is 2. The molecule has 0 bridgehead atoms. The minimum absolute atomic E-state index is 0.0922. The first kappa shape index (κ1) is 31.1. The second-order valence-electron chi connectivity index (χ2n) is 8.91. The van der Waals surface area contributed by atoms with Crippen LogP contribution in [0.1, 0.15) is 42.1 Å². The molecule has 13 nitrogen and oxygen atoms in total. The number of ketones is 1. The number of benzene rings is 1. The molecule has 0 saturated heterocycles. The molecular formula is C26H33N3O10. The van der Waals surface area contributed by atoms with Crippen LogP contribution in [-0.2, 0) is 45.1 Å². The van der Waals surface area contributed by atoms with E-state index in [9.17, 15) is 39.0 Å². The van der Waals surface area contributed by atoms with E-state index in [4.69, 9.17) is 4.74 Å². The quantitative estimate of drug-likeness (QED) is 0.216. The Balaban J connectivity index is 1.88. The molecule has 0 amide bonds. The summed E-state index contributed by atoms with van der Waals surface area (Å²) in [5, 5.41) is 19.9. The van der Waals surface area contributed by atoms with Crippen LogP contribution in [0.15, 0.2) is 51.3 Å². The van der Waals surface area contributed by atoms with E-state index in [0.717, 1.165) is 4.57 Å². The normalized spacial score (nSPS) is 12.4. The molecule has 212 valence electrons. The molecule has 2 aromatic rings. The van der Waals surface area contributed by atoms with Crippen molar-refractivity contribution in [2.45, 2.75) is 64.4 Å². The highest BCUT2D eigenvalue weighted by atomic mass is 16.5. The molecule has 0 aliphatic rings. The lowest BCUT2D eigenvalue weighted by molar-refractivity contribution is -0.147.